The maximum Gasteiger partial charge on any atom is 0.216 e. The number of aromatic hydroxyl groups is 1. The summed E-state index contributed by atoms with van der Waals surface area (Å²) in [6, 6.07) is 13.2. The van der Waals surface area contributed by atoms with Crippen LogP contribution in [0.1, 0.15) is 58.2 Å². The third-order valence-corrected chi connectivity index (χ3v) is 6.18. The number of hydrogen-bond donors (Lipinski definition) is 1. The highest BCUT2D eigenvalue weighted by molar-refractivity contribution is 7.95. The van der Waals surface area contributed by atoms with Gasteiger partial charge in [-0.2, -0.15) is 5.26 Å². The van der Waals surface area contributed by atoms with Crippen molar-refractivity contribution in [2.75, 3.05) is 0 Å². The van der Waals surface area contributed by atoms with E-state index in [0.717, 1.165) is 0 Å². The van der Waals surface area contributed by atoms with Crippen molar-refractivity contribution in [1.82, 2.24) is 0 Å². The number of hydrogen-bond acceptors (Lipinski definition) is 4. The van der Waals surface area contributed by atoms with Crippen LogP contribution in [0.4, 0.5) is 0 Å². The summed E-state index contributed by atoms with van der Waals surface area (Å²) < 4.78 is 25.7. The standard InChI is InChI=1S/C23H27NO3S/c1-22(2,3)19-13-16(14-20(21(19)25)23(4,5)6)12-18(15-24)28(26,27)17-10-8-7-9-11-17/h7-14,25H,1-6H3/b18-12-. The average molecular weight is 398 g/mol. The number of allylic oxidation sites excluding steroid dienone is 1. The van der Waals surface area contributed by atoms with Crippen LogP contribution in [0.25, 0.3) is 6.08 Å². The molecule has 0 bridgehead atoms. The Morgan fingerprint density at radius 3 is 1.82 bits per heavy atom. The molecule has 4 nitrogen and oxygen atoms in total. The van der Waals surface area contributed by atoms with Crippen molar-refractivity contribution in [1.29, 1.82) is 5.26 Å². The topological polar surface area (TPSA) is 78.2 Å². The van der Waals surface area contributed by atoms with Gasteiger partial charge in [0.05, 0.1) is 4.90 Å². The minimum Gasteiger partial charge on any atom is -0.507 e. The lowest BCUT2D eigenvalue weighted by Gasteiger charge is -2.28. The average Bonchev–Trinajstić information content (AvgIpc) is 2.59. The fourth-order valence-corrected chi connectivity index (χ4v) is 4.11. The molecule has 0 aromatic heterocycles. The molecular formula is C23H27NO3S. The van der Waals surface area contributed by atoms with E-state index in [2.05, 4.69) is 0 Å². The lowest BCUT2D eigenvalue weighted by atomic mass is 9.78. The fourth-order valence-electron chi connectivity index (χ4n) is 2.93. The van der Waals surface area contributed by atoms with Crippen molar-refractivity contribution in [2.45, 2.75) is 57.3 Å². The summed E-state index contributed by atoms with van der Waals surface area (Å²) in [7, 11) is -3.92. The van der Waals surface area contributed by atoms with Crippen molar-refractivity contribution in [3.05, 3.63) is 64.1 Å². The summed E-state index contributed by atoms with van der Waals surface area (Å²) in [6.45, 7) is 11.9. The SMILES string of the molecule is CC(C)(C)c1cc(/C=C(/C#N)S(=O)(=O)c2ccccc2)cc(C(C)(C)C)c1O. The molecule has 0 saturated carbocycles. The summed E-state index contributed by atoms with van der Waals surface area (Å²) in [4.78, 5) is -0.252. The first-order valence-corrected chi connectivity index (χ1v) is 10.6. The quantitative estimate of drug-likeness (QED) is 0.711. The van der Waals surface area contributed by atoms with Crippen LogP contribution in [0, 0.1) is 11.3 Å². The lowest BCUT2D eigenvalue weighted by molar-refractivity contribution is 0.423. The van der Waals surface area contributed by atoms with E-state index in [9.17, 15) is 18.8 Å². The summed E-state index contributed by atoms with van der Waals surface area (Å²) in [5.41, 5.74) is 1.29. The Balaban J connectivity index is 2.75. The van der Waals surface area contributed by atoms with E-state index < -0.39 is 9.84 Å². The summed E-state index contributed by atoms with van der Waals surface area (Å²) in [6.07, 6.45) is 1.38. The van der Waals surface area contributed by atoms with E-state index >= 15 is 0 Å². The molecule has 0 unspecified atom stereocenters. The Bertz CT molecular complexity index is 1010. The molecular weight excluding hydrogens is 370 g/mol. The van der Waals surface area contributed by atoms with E-state index in [-0.39, 0.29) is 26.4 Å². The minimum atomic E-state index is -3.92. The molecule has 0 aliphatic rings. The number of nitrogens with zero attached hydrogens (tertiary/aromatic N) is 1. The van der Waals surface area contributed by atoms with Crippen LogP contribution in [0.15, 0.2) is 52.3 Å². The molecule has 28 heavy (non-hydrogen) atoms. The number of benzene rings is 2. The molecule has 2 aromatic carbocycles. The van der Waals surface area contributed by atoms with Crippen molar-refractivity contribution < 1.29 is 13.5 Å². The van der Waals surface area contributed by atoms with E-state index in [1.54, 1.807) is 30.3 Å². The summed E-state index contributed by atoms with van der Waals surface area (Å²) in [5.74, 6) is 0.210. The second kappa shape index (κ2) is 7.44. The zero-order valence-electron chi connectivity index (χ0n) is 17.2. The molecule has 2 rings (SSSR count). The van der Waals surface area contributed by atoms with Crippen LogP contribution < -0.4 is 0 Å². The zero-order chi connectivity index (χ0) is 21.3. The highest BCUT2D eigenvalue weighted by Crippen LogP contribution is 2.40. The first-order valence-electron chi connectivity index (χ1n) is 9.08. The predicted octanol–water partition coefficient (Wildman–Crippen LogP) is 5.33. The van der Waals surface area contributed by atoms with Gasteiger partial charge < -0.3 is 5.11 Å². The van der Waals surface area contributed by atoms with Crippen molar-refractivity contribution >= 4 is 15.9 Å². The number of rotatable bonds is 3. The van der Waals surface area contributed by atoms with Crippen LogP contribution in [-0.2, 0) is 20.7 Å². The molecule has 0 radical (unpaired) electrons. The van der Waals surface area contributed by atoms with Gasteiger partial charge in [0.15, 0.2) is 0 Å². The highest BCUT2D eigenvalue weighted by atomic mass is 32.2. The molecule has 0 saturated heterocycles. The van der Waals surface area contributed by atoms with Gasteiger partial charge in [-0.3, -0.25) is 0 Å². The van der Waals surface area contributed by atoms with Gasteiger partial charge in [0.1, 0.15) is 16.7 Å². The zero-order valence-corrected chi connectivity index (χ0v) is 18.1. The molecule has 5 heteroatoms. The van der Waals surface area contributed by atoms with Crippen molar-refractivity contribution in [3.8, 4) is 11.8 Å². The van der Waals surface area contributed by atoms with E-state index in [1.807, 2.05) is 47.6 Å². The van der Waals surface area contributed by atoms with Gasteiger partial charge in [-0.25, -0.2) is 8.42 Å². The smallest absolute Gasteiger partial charge is 0.216 e. The first-order chi connectivity index (χ1) is 12.8. The molecule has 0 spiro atoms. The molecule has 0 amide bonds. The number of sulfone groups is 1. The lowest BCUT2D eigenvalue weighted by Crippen LogP contribution is -2.17. The third kappa shape index (κ3) is 4.45. The maximum atomic E-state index is 12.9. The highest BCUT2D eigenvalue weighted by Gasteiger charge is 2.27. The first kappa shape index (κ1) is 21.7. The molecule has 0 heterocycles. The largest absolute Gasteiger partial charge is 0.507 e. The Kier molecular flexibility index (Phi) is 5.77. The summed E-state index contributed by atoms with van der Waals surface area (Å²) >= 11 is 0. The minimum absolute atomic E-state index is 0.0775. The van der Waals surface area contributed by atoms with Crippen LogP contribution in [0.3, 0.4) is 0 Å². The number of nitriles is 1. The molecule has 0 aliphatic heterocycles. The molecule has 0 atom stereocenters. The van der Waals surface area contributed by atoms with Crippen molar-refractivity contribution in [3.63, 3.8) is 0 Å². The Morgan fingerprint density at radius 1 is 0.964 bits per heavy atom. The number of phenolic OH excluding ortho intramolecular Hbond substituents is 1. The Hall–Kier alpha value is -2.58. The van der Waals surface area contributed by atoms with Gasteiger partial charge in [0.2, 0.25) is 9.84 Å². The van der Waals surface area contributed by atoms with Gasteiger partial charge in [-0.05, 0) is 46.7 Å². The van der Waals surface area contributed by atoms with E-state index in [0.29, 0.717) is 16.7 Å². The van der Waals surface area contributed by atoms with Crippen LogP contribution in [0.2, 0.25) is 0 Å². The summed E-state index contributed by atoms with van der Waals surface area (Å²) in [5, 5.41) is 20.4. The fraction of sp³-hybridized carbons (Fsp3) is 0.348. The van der Waals surface area contributed by atoms with Crippen LogP contribution in [-0.4, -0.2) is 13.5 Å². The van der Waals surface area contributed by atoms with Crippen molar-refractivity contribution in [2.24, 2.45) is 0 Å². The predicted molar refractivity (Wildman–Crippen MR) is 113 cm³/mol. The molecule has 148 valence electrons. The van der Waals surface area contributed by atoms with Crippen LogP contribution >= 0.6 is 0 Å². The van der Waals surface area contributed by atoms with Gasteiger partial charge in [0, 0.05) is 11.1 Å². The Morgan fingerprint density at radius 2 is 1.43 bits per heavy atom. The van der Waals surface area contributed by atoms with E-state index in [1.165, 1.54) is 18.2 Å². The molecule has 0 fully saturated rings. The van der Waals surface area contributed by atoms with Gasteiger partial charge in [-0.15, -0.1) is 0 Å². The van der Waals surface area contributed by atoms with Gasteiger partial charge >= 0.3 is 0 Å². The third-order valence-electron chi connectivity index (χ3n) is 4.50. The Labute approximate surface area is 168 Å². The molecule has 0 aliphatic carbocycles. The molecule has 2 aromatic rings. The maximum absolute atomic E-state index is 12.9. The second-order valence-electron chi connectivity index (χ2n) is 8.90. The van der Waals surface area contributed by atoms with Gasteiger partial charge in [0.25, 0.3) is 0 Å². The monoisotopic (exact) mass is 397 g/mol. The van der Waals surface area contributed by atoms with E-state index in [4.69, 9.17) is 0 Å². The van der Waals surface area contributed by atoms with Crippen LogP contribution in [0.5, 0.6) is 5.75 Å². The number of phenols is 1. The normalized spacial score (nSPS) is 13.2. The van der Waals surface area contributed by atoms with Gasteiger partial charge in [-0.1, -0.05) is 59.7 Å². The molecule has 1 N–H and O–H groups in total. The second-order valence-corrected chi connectivity index (χ2v) is 10.8.